The molecule has 92 heavy (non-hydrogen) atoms. The summed E-state index contributed by atoms with van der Waals surface area (Å²) in [6.07, 6.45) is 29.1. The molecule has 0 N–H and O–H groups in total. The number of hydrogen-bond donors (Lipinski definition) is 0. The van der Waals surface area contributed by atoms with Crippen LogP contribution in [-0.2, 0) is 36.5 Å². The quantitative estimate of drug-likeness (QED) is 0.0493. The molecule has 13 rings (SSSR count). The minimum absolute atomic E-state index is 0.0480. The summed E-state index contributed by atoms with van der Waals surface area (Å²) in [6.45, 7) is 22.9. The summed E-state index contributed by atoms with van der Waals surface area (Å²) in [4.78, 5) is 4.97. The van der Waals surface area contributed by atoms with E-state index < -0.39 is 0 Å². The van der Waals surface area contributed by atoms with Crippen LogP contribution in [0, 0.1) is 13.8 Å². The lowest BCUT2D eigenvalue weighted by Gasteiger charge is -2.33. The number of aryl methyl sites for hydroxylation is 4. The third-order valence-electron chi connectivity index (χ3n) is 20.2. The first-order chi connectivity index (χ1) is 44.6. The molecule has 0 aliphatic heterocycles. The van der Waals surface area contributed by atoms with Gasteiger partial charge >= 0.3 is 0 Å². The Hall–Kier alpha value is -8.46. The third kappa shape index (κ3) is 12.8. The molecule has 2 aliphatic rings. The predicted octanol–water partition coefficient (Wildman–Crippen LogP) is 26.7. The maximum atomic E-state index is 2.63. The van der Waals surface area contributed by atoms with E-state index in [4.69, 9.17) is 0 Å². The molecular formula is C90H96N2. The second kappa shape index (κ2) is 26.6. The van der Waals surface area contributed by atoms with Crippen molar-refractivity contribution in [2.75, 3.05) is 9.80 Å². The number of allylic oxidation sites excluding steroid dienone is 2. The van der Waals surface area contributed by atoms with Gasteiger partial charge in [-0.2, -0.15) is 0 Å². The number of anilines is 6. The lowest BCUT2D eigenvalue weighted by Crippen LogP contribution is -2.16. The number of fused-ring (bicyclic) bond motifs is 3. The molecule has 2 heteroatoms. The predicted molar refractivity (Wildman–Crippen MR) is 403 cm³/mol. The molecule has 2 aliphatic carbocycles. The minimum atomic E-state index is 0.0480. The summed E-state index contributed by atoms with van der Waals surface area (Å²) in [5.74, 6) is 0. The molecule has 466 valence electrons. The van der Waals surface area contributed by atoms with Gasteiger partial charge in [-0.15, -0.1) is 0 Å². The van der Waals surface area contributed by atoms with Crippen LogP contribution < -0.4 is 9.80 Å². The van der Waals surface area contributed by atoms with Gasteiger partial charge in [-0.05, 0) is 252 Å². The van der Waals surface area contributed by atoms with Crippen LogP contribution in [0.15, 0.2) is 194 Å². The molecule has 2 nitrogen and oxygen atoms in total. The van der Waals surface area contributed by atoms with Gasteiger partial charge in [0, 0.05) is 28.4 Å². The number of rotatable bonds is 22. The van der Waals surface area contributed by atoms with Crippen molar-refractivity contribution in [1.82, 2.24) is 0 Å². The Bertz CT molecular complexity index is 4430. The molecule has 0 spiro atoms. The highest BCUT2D eigenvalue weighted by molar-refractivity contribution is 6.24. The molecule has 0 fully saturated rings. The fourth-order valence-corrected chi connectivity index (χ4v) is 15.0. The van der Waals surface area contributed by atoms with Crippen molar-refractivity contribution >= 4 is 89.4 Å². The van der Waals surface area contributed by atoms with Crippen molar-refractivity contribution in [2.45, 2.75) is 183 Å². The molecular weight excluding hydrogens is 1110 g/mol. The smallest absolute Gasteiger partial charge is 0.0509 e. The van der Waals surface area contributed by atoms with E-state index in [0.29, 0.717) is 0 Å². The molecule has 0 bridgehead atoms. The number of nitrogens with zero attached hydrogens (tertiary/aromatic N) is 2. The van der Waals surface area contributed by atoms with Crippen LogP contribution in [0.3, 0.4) is 0 Å². The maximum Gasteiger partial charge on any atom is 0.0509 e. The summed E-state index contributed by atoms with van der Waals surface area (Å²) < 4.78 is 0. The van der Waals surface area contributed by atoms with Crippen LogP contribution in [0.2, 0.25) is 0 Å². The standard InChI is InChI=1S/C90H96N2/c1-11-13-15-17-19-21-25-63-36-54-79-81(55-63)85(68-38-37-65-39-48-76(58-69(65)57-68)91(72-44-31-61(3)32-45-72)73-46-33-62(4)34-47-73)78-53-35-64(26-22-20-18-16-14-12-2)56-82(78)88(79)83-59-66-27-24-30-80-84(60-67-28-23-29-77(83)86(67)87(66)80)92(74-49-40-70(41-50-74)89(5,6)7)75-51-42-71(43-52-75)90(8,9)10/h23-24,27-28,31-60H,11-22,25-26,29-30H2,1-10H3. The SMILES string of the molecule is CCCCCCCCc1ccc2c(-c3cc4c5c(c(N(c6ccc(C(C)(C)C)cc6)c6ccc(C(C)(C)C)cc6)cc6c5c3CC=C6)CC=C4)c3cc(CCCCCCCC)ccc3c(-c3ccc4ccc(N(c5ccc(C)cc5)c5ccc(C)cc5)cc4c3)c2c1. The Balaban J connectivity index is 1.03. The fourth-order valence-electron chi connectivity index (χ4n) is 15.0. The van der Waals surface area contributed by atoms with Crippen molar-refractivity contribution in [3.63, 3.8) is 0 Å². The van der Waals surface area contributed by atoms with Crippen LogP contribution in [0.4, 0.5) is 34.1 Å². The third-order valence-corrected chi connectivity index (χ3v) is 20.2. The summed E-state index contributed by atoms with van der Waals surface area (Å²) >= 11 is 0. The van der Waals surface area contributed by atoms with Crippen LogP contribution in [0.1, 0.15) is 188 Å². The lowest BCUT2D eigenvalue weighted by atomic mass is 9.77. The molecule has 0 atom stereocenters. The molecule has 0 saturated carbocycles. The van der Waals surface area contributed by atoms with Crippen LogP contribution >= 0.6 is 0 Å². The summed E-state index contributed by atoms with van der Waals surface area (Å²) in [5.41, 5.74) is 26.0. The van der Waals surface area contributed by atoms with Crippen LogP contribution in [0.5, 0.6) is 0 Å². The van der Waals surface area contributed by atoms with Crippen molar-refractivity contribution in [3.05, 3.63) is 250 Å². The molecule has 0 aromatic heterocycles. The van der Waals surface area contributed by atoms with Gasteiger partial charge in [0.15, 0.2) is 0 Å². The second-order valence-electron chi connectivity index (χ2n) is 29.1. The van der Waals surface area contributed by atoms with E-state index in [-0.39, 0.29) is 10.8 Å². The van der Waals surface area contributed by atoms with Crippen molar-refractivity contribution < 1.29 is 0 Å². The Kier molecular flexibility index (Phi) is 18.1. The highest BCUT2D eigenvalue weighted by Gasteiger charge is 2.29. The van der Waals surface area contributed by atoms with Crippen molar-refractivity contribution in [2.24, 2.45) is 0 Å². The van der Waals surface area contributed by atoms with Gasteiger partial charge < -0.3 is 9.80 Å². The topological polar surface area (TPSA) is 6.48 Å². The molecule has 0 radical (unpaired) electrons. The van der Waals surface area contributed by atoms with E-state index >= 15 is 0 Å². The van der Waals surface area contributed by atoms with E-state index in [1.807, 2.05) is 0 Å². The van der Waals surface area contributed by atoms with Gasteiger partial charge in [-0.25, -0.2) is 0 Å². The van der Waals surface area contributed by atoms with Gasteiger partial charge in [-0.3, -0.25) is 0 Å². The average Bonchev–Trinajstić information content (AvgIpc) is 0.712. The van der Waals surface area contributed by atoms with Crippen LogP contribution in [0.25, 0.3) is 77.5 Å². The van der Waals surface area contributed by atoms with Crippen molar-refractivity contribution in [3.8, 4) is 22.3 Å². The molecule has 11 aromatic carbocycles. The number of unbranched alkanes of at least 4 members (excludes halogenated alkanes) is 10. The largest absolute Gasteiger partial charge is 0.310 e. The van der Waals surface area contributed by atoms with E-state index in [1.165, 1.54) is 215 Å². The number of hydrogen-bond acceptors (Lipinski definition) is 2. The summed E-state index contributed by atoms with van der Waals surface area (Å²) in [6, 6.07) is 71.6. The summed E-state index contributed by atoms with van der Waals surface area (Å²) in [7, 11) is 0. The minimum Gasteiger partial charge on any atom is -0.310 e. The Morgan fingerprint density at radius 1 is 0.359 bits per heavy atom. The van der Waals surface area contributed by atoms with Gasteiger partial charge in [-0.1, -0.05) is 258 Å². The lowest BCUT2D eigenvalue weighted by molar-refractivity contribution is 0.590. The molecule has 11 aromatic rings. The normalized spacial score (nSPS) is 12.9. The van der Waals surface area contributed by atoms with Gasteiger partial charge in [0.05, 0.1) is 5.69 Å². The van der Waals surface area contributed by atoms with Gasteiger partial charge in [0.25, 0.3) is 0 Å². The molecule has 0 saturated heterocycles. The molecule has 0 unspecified atom stereocenters. The summed E-state index contributed by atoms with van der Waals surface area (Å²) in [5, 5.41) is 10.7. The zero-order valence-electron chi connectivity index (χ0n) is 56.8. The average molecular weight is 1210 g/mol. The fraction of sp³-hybridized carbons (Fsp3) is 0.311. The zero-order chi connectivity index (χ0) is 63.7. The first kappa shape index (κ1) is 62.4. The molecule has 0 heterocycles. The Labute approximate surface area is 550 Å². The van der Waals surface area contributed by atoms with Gasteiger partial charge in [0.1, 0.15) is 0 Å². The van der Waals surface area contributed by atoms with E-state index in [2.05, 4.69) is 285 Å². The van der Waals surface area contributed by atoms with Crippen LogP contribution in [-0.4, -0.2) is 0 Å². The van der Waals surface area contributed by atoms with E-state index in [0.717, 1.165) is 42.7 Å². The maximum absolute atomic E-state index is 2.63. The highest BCUT2D eigenvalue weighted by Crippen LogP contribution is 2.52. The second-order valence-corrected chi connectivity index (χ2v) is 29.1. The zero-order valence-corrected chi connectivity index (χ0v) is 56.8. The van der Waals surface area contributed by atoms with E-state index in [9.17, 15) is 0 Å². The highest BCUT2D eigenvalue weighted by atomic mass is 15.1. The molecule has 0 amide bonds. The Morgan fingerprint density at radius 2 is 0.804 bits per heavy atom. The Morgan fingerprint density at radius 3 is 1.35 bits per heavy atom. The van der Waals surface area contributed by atoms with E-state index in [1.54, 1.807) is 0 Å². The van der Waals surface area contributed by atoms with Gasteiger partial charge in [0.2, 0.25) is 0 Å². The monoisotopic (exact) mass is 1200 g/mol. The first-order valence-electron chi connectivity index (χ1n) is 35.1. The first-order valence-corrected chi connectivity index (χ1v) is 35.1. The van der Waals surface area contributed by atoms with Crippen molar-refractivity contribution in [1.29, 1.82) is 0 Å². The number of benzene rings is 11.